The molecule has 0 spiro atoms. The molecule has 1 fully saturated rings. The molecule has 0 unspecified atom stereocenters. The van der Waals surface area contributed by atoms with Crippen molar-refractivity contribution in [3.05, 3.63) is 84.2 Å². The molecular weight excluding hydrogens is 386 g/mol. The molecule has 2 heterocycles. The number of likely N-dealkylation sites (N-methyl/N-ethyl adjacent to an activating group) is 1. The molecule has 1 aromatic heterocycles. The highest BCUT2D eigenvalue weighted by Gasteiger charge is 2.29. The van der Waals surface area contributed by atoms with Gasteiger partial charge in [-0.05, 0) is 29.7 Å². The molecule has 4 rings (SSSR count). The maximum atomic E-state index is 13.2. The van der Waals surface area contributed by atoms with Gasteiger partial charge in [0.1, 0.15) is 5.75 Å². The zero-order valence-corrected chi connectivity index (χ0v) is 18.2. The molecule has 0 saturated carbocycles. The summed E-state index contributed by atoms with van der Waals surface area (Å²) in [6.07, 6.45) is 4.37. The van der Waals surface area contributed by atoms with E-state index in [4.69, 9.17) is 4.74 Å². The Morgan fingerprint density at radius 1 is 1.00 bits per heavy atom. The van der Waals surface area contributed by atoms with Gasteiger partial charge in [0.05, 0.1) is 13.0 Å². The van der Waals surface area contributed by atoms with Crippen LogP contribution in [0.15, 0.2) is 73.1 Å². The SMILES string of the molecule is COc1ccccc1CN1CCN(C)C(=O)[C@H](Cc2ccccc2-c2cccnc2)C1. The molecular formula is C26H29N3O2. The number of amides is 1. The third-order valence-electron chi connectivity index (χ3n) is 6.00. The third-order valence-corrected chi connectivity index (χ3v) is 6.00. The number of para-hydroxylation sites is 1. The summed E-state index contributed by atoms with van der Waals surface area (Å²) in [5.41, 5.74) is 4.56. The first-order chi connectivity index (χ1) is 15.2. The van der Waals surface area contributed by atoms with Crippen LogP contribution in [0, 0.1) is 5.92 Å². The van der Waals surface area contributed by atoms with Gasteiger partial charge in [0.2, 0.25) is 5.91 Å². The average Bonchev–Trinajstić information content (AvgIpc) is 2.94. The maximum Gasteiger partial charge on any atom is 0.227 e. The summed E-state index contributed by atoms with van der Waals surface area (Å²) < 4.78 is 5.54. The van der Waals surface area contributed by atoms with E-state index in [-0.39, 0.29) is 11.8 Å². The highest BCUT2D eigenvalue weighted by molar-refractivity contribution is 5.80. The summed E-state index contributed by atoms with van der Waals surface area (Å²) in [5.74, 6) is 1.01. The van der Waals surface area contributed by atoms with Gasteiger partial charge >= 0.3 is 0 Å². The number of pyridine rings is 1. The monoisotopic (exact) mass is 415 g/mol. The molecule has 1 aliphatic rings. The van der Waals surface area contributed by atoms with E-state index in [2.05, 4.69) is 34.1 Å². The second kappa shape index (κ2) is 9.75. The first-order valence-electron chi connectivity index (χ1n) is 10.7. The van der Waals surface area contributed by atoms with Crippen LogP contribution in [-0.4, -0.2) is 54.5 Å². The lowest BCUT2D eigenvalue weighted by atomic mass is 9.91. The van der Waals surface area contributed by atoms with Crippen molar-refractivity contribution >= 4 is 5.91 Å². The lowest BCUT2D eigenvalue weighted by molar-refractivity contribution is -0.133. The fourth-order valence-corrected chi connectivity index (χ4v) is 4.33. The number of carbonyl (C=O) groups is 1. The van der Waals surface area contributed by atoms with Crippen LogP contribution in [0.4, 0.5) is 0 Å². The summed E-state index contributed by atoms with van der Waals surface area (Å²) in [5, 5.41) is 0. The van der Waals surface area contributed by atoms with E-state index in [1.54, 1.807) is 13.3 Å². The lowest BCUT2D eigenvalue weighted by Crippen LogP contribution is -2.34. The highest BCUT2D eigenvalue weighted by atomic mass is 16.5. The van der Waals surface area contributed by atoms with Gasteiger partial charge in [-0.25, -0.2) is 0 Å². The summed E-state index contributed by atoms with van der Waals surface area (Å²) >= 11 is 0. The van der Waals surface area contributed by atoms with Crippen molar-refractivity contribution < 1.29 is 9.53 Å². The molecule has 0 aliphatic carbocycles. The second-order valence-corrected chi connectivity index (χ2v) is 8.11. The summed E-state index contributed by atoms with van der Waals surface area (Å²) in [6.45, 7) is 3.07. The van der Waals surface area contributed by atoms with Crippen molar-refractivity contribution in [2.24, 2.45) is 5.92 Å². The molecule has 1 aliphatic heterocycles. The first kappa shape index (κ1) is 21.1. The number of ether oxygens (including phenoxy) is 1. The van der Waals surface area contributed by atoms with E-state index in [0.29, 0.717) is 6.42 Å². The molecule has 2 aromatic carbocycles. The smallest absolute Gasteiger partial charge is 0.227 e. The van der Waals surface area contributed by atoms with Crippen molar-refractivity contribution in [2.75, 3.05) is 33.8 Å². The van der Waals surface area contributed by atoms with Crippen molar-refractivity contribution in [2.45, 2.75) is 13.0 Å². The quantitative estimate of drug-likeness (QED) is 0.613. The van der Waals surface area contributed by atoms with Gasteiger partial charge in [-0.15, -0.1) is 0 Å². The number of hydrogen-bond donors (Lipinski definition) is 0. The van der Waals surface area contributed by atoms with Gasteiger partial charge < -0.3 is 9.64 Å². The normalized spacial score (nSPS) is 17.4. The number of hydrogen-bond acceptors (Lipinski definition) is 4. The Bertz CT molecular complexity index is 1020. The lowest BCUT2D eigenvalue weighted by Gasteiger charge is -2.24. The summed E-state index contributed by atoms with van der Waals surface area (Å²) in [6, 6.07) is 20.5. The predicted molar refractivity (Wildman–Crippen MR) is 123 cm³/mol. The topological polar surface area (TPSA) is 45.7 Å². The van der Waals surface area contributed by atoms with Crippen LogP contribution in [0.3, 0.4) is 0 Å². The van der Waals surface area contributed by atoms with E-state index in [9.17, 15) is 4.79 Å². The Balaban J connectivity index is 1.58. The van der Waals surface area contributed by atoms with E-state index < -0.39 is 0 Å². The zero-order valence-electron chi connectivity index (χ0n) is 18.2. The molecule has 0 radical (unpaired) electrons. The standard InChI is InChI=1S/C26H29N3O2/c1-28-14-15-29(18-22-9-4-6-12-25(22)31-2)19-23(26(28)30)16-20-8-3-5-11-24(20)21-10-7-13-27-17-21/h3-13,17,23H,14-16,18-19H2,1-2H3/t23-/m1/s1. The van der Waals surface area contributed by atoms with Gasteiger partial charge in [-0.1, -0.05) is 48.5 Å². The van der Waals surface area contributed by atoms with Crippen LogP contribution < -0.4 is 4.74 Å². The van der Waals surface area contributed by atoms with Crippen LogP contribution in [-0.2, 0) is 17.8 Å². The Hall–Kier alpha value is -3.18. The molecule has 0 N–H and O–H groups in total. The van der Waals surface area contributed by atoms with E-state index in [0.717, 1.165) is 48.6 Å². The number of rotatable bonds is 6. The van der Waals surface area contributed by atoms with Gasteiger partial charge in [0.25, 0.3) is 0 Å². The van der Waals surface area contributed by atoms with Crippen LogP contribution in [0.1, 0.15) is 11.1 Å². The Morgan fingerprint density at radius 2 is 1.77 bits per heavy atom. The minimum Gasteiger partial charge on any atom is -0.496 e. The number of nitrogens with zero attached hydrogens (tertiary/aromatic N) is 3. The fourth-order valence-electron chi connectivity index (χ4n) is 4.33. The molecule has 1 amide bonds. The molecule has 0 bridgehead atoms. The number of carbonyl (C=O) groups excluding carboxylic acids is 1. The zero-order chi connectivity index (χ0) is 21.6. The van der Waals surface area contributed by atoms with Crippen LogP contribution >= 0.6 is 0 Å². The van der Waals surface area contributed by atoms with E-state index in [1.165, 1.54) is 5.56 Å². The Labute approximate surface area is 184 Å². The van der Waals surface area contributed by atoms with Crippen LogP contribution in [0.2, 0.25) is 0 Å². The van der Waals surface area contributed by atoms with Crippen LogP contribution in [0.5, 0.6) is 5.75 Å². The summed E-state index contributed by atoms with van der Waals surface area (Å²) in [7, 11) is 3.62. The predicted octanol–water partition coefficient (Wildman–Crippen LogP) is 3.89. The van der Waals surface area contributed by atoms with E-state index >= 15 is 0 Å². The minimum atomic E-state index is -0.0972. The molecule has 5 nitrogen and oxygen atoms in total. The van der Waals surface area contributed by atoms with Crippen LogP contribution in [0.25, 0.3) is 11.1 Å². The minimum absolute atomic E-state index is 0.0972. The number of aromatic nitrogens is 1. The first-order valence-corrected chi connectivity index (χ1v) is 10.7. The number of methoxy groups -OCH3 is 1. The van der Waals surface area contributed by atoms with Gasteiger partial charge in [0, 0.05) is 56.7 Å². The molecule has 5 heteroatoms. The summed E-state index contributed by atoms with van der Waals surface area (Å²) in [4.78, 5) is 21.7. The van der Waals surface area contributed by atoms with Crippen molar-refractivity contribution in [3.63, 3.8) is 0 Å². The van der Waals surface area contributed by atoms with Gasteiger partial charge in [-0.3, -0.25) is 14.7 Å². The third kappa shape index (κ3) is 4.94. The van der Waals surface area contributed by atoms with Crippen molar-refractivity contribution in [1.82, 2.24) is 14.8 Å². The van der Waals surface area contributed by atoms with E-state index in [1.807, 2.05) is 54.5 Å². The van der Waals surface area contributed by atoms with Crippen molar-refractivity contribution in [1.29, 1.82) is 0 Å². The number of benzene rings is 2. The Kier molecular flexibility index (Phi) is 6.63. The Morgan fingerprint density at radius 3 is 2.55 bits per heavy atom. The molecule has 1 saturated heterocycles. The second-order valence-electron chi connectivity index (χ2n) is 8.11. The maximum absolute atomic E-state index is 13.2. The van der Waals surface area contributed by atoms with Gasteiger partial charge in [0.15, 0.2) is 0 Å². The molecule has 3 aromatic rings. The molecule has 1 atom stereocenters. The largest absolute Gasteiger partial charge is 0.496 e. The average molecular weight is 416 g/mol. The van der Waals surface area contributed by atoms with Crippen molar-refractivity contribution in [3.8, 4) is 16.9 Å². The molecule has 31 heavy (non-hydrogen) atoms. The fraction of sp³-hybridized carbons (Fsp3) is 0.308. The highest BCUT2D eigenvalue weighted by Crippen LogP contribution is 2.27. The van der Waals surface area contributed by atoms with Gasteiger partial charge in [-0.2, -0.15) is 0 Å². The molecule has 160 valence electrons.